The Morgan fingerprint density at radius 1 is 1.13 bits per heavy atom. The van der Waals surface area contributed by atoms with Gasteiger partial charge in [0, 0.05) is 12.3 Å². The molecule has 0 amide bonds. The molecule has 0 N–H and O–H groups in total. The Morgan fingerprint density at radius 3 is 2.65 bits per heavy atom. The van der Waals surface area contributed by atoms with Crippen LogP contribution >= 0.6 is 0 Å². The van der Waals surface area contributed by atoms with Crippen molar-refractivity contribution in [2.75, 3.05) is 14.2 Å². The normalized spacial score (nSPS) is 10.9. The molecule has 1 aromatic carbocycles. The van der Waals surface area contributed by atoms with Crippen LogP contribution in [0.5, 0.6) is 11.5 Å². The van der Waals surface area contributed by atoms with E-state index >= 15 is 0 Å². The van der Waals surface area contributed by atoms with Crippen LogP contribution in [0.15, 0.2) is 53.8 Å². The molecule has 23 heavy (non-hydrogen) atoms. The first-order valence-corrected chi connectivity index (χ1v) is 6.78. The van der Waals surface area contributed by atoms with Crippen molar-refractivity contribution in [2.45, 2.75) is 0 Å². The van der Waals surface area contributed by atoms with Crippen LogP contribution in [0.25, 0.3) is 6.08 Å². The van der Waals surface area contributed by atoms with Gasteiger partial charge in [-0.3, -0.25) is 4.98 Å². The summed E-state index contributed by atoms with van der Waals surface area (Å²) >= 11 is 0. The Bertz CT molecular complexity index is 712. The predicted octanol–water partition coefficient (Wildman–Crippen LogP) is 2.69. The molecular weight excluding hydrogens is 296 g/mol. The molecule has 6 nitrogen and oxygen atoms in total. The Balaban J connectivity index is 1.94. The molecule has 0 atom stereocenters. The minimum absolute atomic E-state index is 0.580. The first kappa shape index (κ1) is 16.2. The van der Waals surface area contributed by atoms with E-state index in [9.17, 15) is 4.79 Å². The van der Waals surface area contributed by atoms with Crippen LogP contribution in [0.3, 0.4) is 0 Å². The van der Waals surface area contributed by atoms with Gasteiger partial charge in [0.1, 0.15) is 0 Å². The summed E-state index contributed by atoms with van der Waals surface area (Å²) in [4.78, 5) is 20.3. The summed E-state index contributed by atoms with van der Waals surface area (Å²) in [6, 6.07) is 10.6. The minimum Gasteiger partial charge on any atom is -0.493 e. The maximum atomic E-state index is 11.6. The van der Waals surface area contributed by atoms with Crippen molar-refractivity contribution < 1.29 is 19.1 Å². The average Bonchev–Trinajstić information content (AvgIpc) is 2.60. The molecule has 6 heteroatoms. The number of methoxy groups -OCH3 is 2. The first-order valence-electron chi connectivity index (χ1n) is 6.78. The number of carbonyl (C=O) groups excluding carboxylic acids is 1. The number of hydrogen-bond acceptors (Lipinski definition) is 6. The zero-order chi connectivity index (χ0) is 16.5. The maximum Gasteiger partial charge on any atom is 0.358 e. The summed E-state index contributed by atoms with van der Waals surface area (Å²) in [5, 5.41) is 3.58. The molecule has 0 saturated heterocycles. The number of ether oxygens (including phenoxy) is 2. The third-order valence-electron chi connectivity index (χ3n) is 2.83. The lowest BCUT2D eigenvalue weighted by molar-refractivity contribution is -0.137. The second-order valence-electron chi connectivity index (χ2n) is 4.35. The quantitative estimate of drug-likeness (QED) is 0.355. The largest absolute Gasteiger partial charge is 0.493 e. The molecule has 0 bridgehead atoms. The highest BCUT2D eigenvalue weighted by Gasteiger charge is 2.03. The van der Waals surface area contributed by atoms with E-state index in [0.717, 1.165) is 5.56 Å². The van der Waals surface area contributed by atoms with E-state index in [0.29, 0.717) is 17.2 Å². The second-order valence-corrected chi connectivity index (χ2v) is 4.35. The van der Waals surface area contributed by atoms with Crippen molar-refractivity contribution in [1.29, 1.82) is 0 Å². The standard InChI is InChI=1S/C17H16N2O4/c1-21-15-8-6-13(11-16(15)22-2)7-9-17(20)23-19-12-14-5-3-4-10-18-14/h3-12H,1-2H3/b9-7+,19-12+. The number of rotatable bonds is 6. The van der Waals surface area contributed by atoms with Crippen molar-refractivity contribution in [3.63, 3.8) is 0 Å². The van der Waals surface area contributed by atoms with Crippen LogP contribution in [0, 0.1) is 0 Å². The first-order chi connectivity index (χ1) is 11.2. The van der Waals surface area contributed by atoms with Crippen LogP contribution in [0.1, 0.15) is 11.3 Å². The third kappa shape index (κ3) is 4.96. The van der Waals surface area contributed by atoms with E-state index in [2.05, 4.69) is 10.1 Å². The van der Waals surface area contributed by atoms with E-state index in [-0.39, 0.29) is 0 Å². The summed E-state index contributed by atoms with van der Waals surface area (Å²) in [5.41, 5.74) is 1.37. The van der Waals surface area contributed by atoms with Crippen LogP contribution in [0.2, 0.25) is 0 Å². The van der Waals surface area contributed by atoms with E-state index in [1.807, 2.05) is 6.07 Å². The Hall–Kier alpha value is -3.15. The fraction of sp³-hybridized carbons (Fsp3) is 0.118. The zero-order valence-electron chi connectivity index (χ0n) is 12.8. The van der Waals surface area contributed by atoms with Crippen molar-refractivity contribution in [1.82, 2.24) is 4.98 Å². The number of pyridine rings is 1. The summed E-state index contributed by atoms with van der Waals surface area (Å²) in [6.45, 7) is 0. The van der Waals surface area contributed by atoms with Crippen LogP contribution in [0.4, 0.5) is 0 Å². The molecule has 0 aliphatic rings. The van der Waals surface area contributed by atoms with E-state index < -0.39 is 5.97 Å². The molecule has 0 unspecified atom stereocenters. The number of benzene rings is 1. The van der Waals surface area contributed by atoms with Gasteiger partial charge in [0.25, 0.3) is 0 Å². The van der Waals surface area contributed by atoms with Crippen molar-refractivity contribution >= 4 is 18.3 Å². The Labute approximate surface area is 134 Å². The average molecular weight is 312 g/mol. The van der Waals surface area contributed by atoms with Gasteiger partial charge in [-0.25, -0.2) is 4.79 Å². The molecular formula is C17H16N2O4. The van der Waals surface area contributed by atoms with Crippen molar-refractivity contribution in [3.8, 4) is 11.5 Å². The third-order valence-corrected chi connectivity index (χ3v) is 2.83. The smallest absolute Gasteiger partial charge is 0.358 e. The summed E-state index contributed by atoms with van der Waals surface area (Å²) in [5.74, 6) is 0.607. The zero-order valence-corrected chi connectivity index (χ0v) is 12.8. The number of oxime groups is 1. The summed E-state index contributed by atoms with van der Waals surface area (Å²) < 4.78 is 10.3. The van der Waals surface area contributed by atoms with Crippen LogP contribution in [-0.2, 0) is 9.63 Å². The highest BCUT2D eigenvalue weighted by atomic mass is 16.7. The Kier molecular flexibility index (Phi) is 5.88. The molecule has 0 fully saturated rings. The molecule has 0 radical (unpaired) electrons. The van der Waals surface area contributed by atoms with E-state index in [4.69, 9.17) is 14.3 Å². The van der Waals surface area contributed by atoms with Crippen LogP contribution < -0.4 is 9.47 Å². The van der Waals surface area contributed by atoms with E-state index in [1.54, 1.807) is 56.8 Å². The number of carbonyl (C=O) groups is 1. The van der Waals surface area contributed by atoms with Crippen molar-refractivity contribution in [3.05, 3.63) is 59.9 Å². The predicted molar refractivity (Wildman–Crippen MR) is 86.5 cm³/mol. The molecule has 0 aliphatic heterocycles. The maximum absolute atomic E-state index is 11.6. The van der Waals surface area contributed by atoms with E-state index in [1.165, 1.54) is 12.3 Å². The van der Waals surface area contributed by atoms with Gasteiger partial charge in [-0.2, -0.15) is 0 Å². The van der Waals surface area contributed by atoms with Gasteiger partial charge in [0.15, 0.2) is 11.5 Å². The van der Waals surface area contributed by atoms with Crippen LogP contribution in [-0.4, -0.2) is 31.4 Å². The topological polar surface area (TPSA) is 70.0 Å². The highest BCUT2D eigenvalue weighted by Crippen LogP contribution is 2.27. The number of nitrogens with zero attached hydrogens (tertiary/aromatic N) is 2. The van der Waals surface area contributed by atoms with Crippen molar-refractivity contribution in [2.24, 2.45) is 5.16 Å². The summed E-state index contributed by atoms with van der Waals surface area (Å²) in [6.07, 6.45) is 5.86. The molecule has 0 spiro atoms. The minimum atomic E-state index is -0.591. The Morgan fingerprint density at radius 2 is 1.96 bits per heavy atom. The summed E-state index contributed by atoms with van der Waals surface area (Å²) in [7, 11) is 3.11. The SMILES string of the molecule is COc1ccc(/C=C/C(=O)O/N=C/c2ccccn2)cc1OC. The fourth-order valence-corrected chi connectivity index (χ4v) is 1.74. The fourth-order valence-electron chi connectivity index (χ4n) is 1.74. The molecule has 2 aromatic rings. The number of aromatic nitrogens is 1. The molecule has 1 heterocycles. The lowest BCUT2D eigenvalue weighted by Crippen LogP contribution is -1.95. The van der Waals surface area contributed by atoms with Gasteiger partial charge in [-0.05, 0) is 35.9 Å². The lowest BCUT2D eigenvalue weighted by atomic mass is 10.2. The number of hydrogen-bond donors (Lipinski definition) is 0. The molecule has 0 saturated carbocycles. The van der Waals surface area contributed by atoms with Gasteiger partial charge in [0.05, 0.1) is 26.1 Å². The van der Waals surface area contributed by atoms with Gasteiger partial charge in [0.2, 0.25) is 0 Å². The van der Waals surface area contributed by atoms with Gasteiger partial charge in [-0.1, -0.05) is 17.3 Å². The molecule has 1 aromatic heterocycles. The highest BCUT2D eigenvalue weighted by molar-refractivity contribution is 5.87. The molecule has 118 valence electrons. The second kappa shape index (κ2) is 8.33. The lowest BCUT2D eigenvalue weighted by Gasteiger charge is -2.07. The molecule has 2 rings (SSSR count). The monoisotopic (exact) mass is 312 g/mol. The van der Waals surface area contributed by atoms with Gasteiger partial charge >= 0.3 is 5.97 Å². The van der Waals surface area contributed by atoms with Gasteiger partial charge in [-0.15, -0.1) is 0 Å². The van der Waals surface area contributed by atoms with Gasteiger partial charge < -0.3 is 14.3 Å². The molecule has 0 aliphatic carbocycles.